The first-order valence-corrected chi connectivity index (χ1v) is 9.71. The van der Waals surface area contributed by atoms with Crippen molar-refractivity contribution >= 4 is 21.2 Å². The van der Waals surface area contributed by atoms with Gasteiger partial charge in [0.15, 0.2) is 0 Å². The van der Waals surface area contributed by atoms with E-state index in [4.69, 9.17) is 0 Å². The minimum absolute atomic E-state index is 0. The fraction of sp³-hybridized carbons (Fsp3) is 0.278. The van der Waals surface area contributed by atoms with Crippen LogP contribution in [-0.4, -0.2) is 51.9 Å². The van der Waals surface area contributed by atoms with E-state index in [2.05, 4.69) is 15.5 Å². The van der Waals surface area contributed by atoms with Crippen LogP contribution in [0.4, 0.5) is 0 Å². The van der Waals surface area contributed by atoms with Gasteiger partial charge >= 0.3 is 0 Å². The zero-order valence-corrected chi connectivity index (χ0v) is 26.0. The van der Waals surface area contributed by atoms with Crippen LogP contribution in [0, 0.1) is 7.43 Å². The van der Waals surface area contributed by atoms with E-state index >= 15 is 0 Å². The van der Waals surface area contributed by atoms with E-state index in [0.29, 0.717) is 25.2 Å². The summed E-state index contributed by atoms with van der Waals surface area (Å²) in [6.45, 7) is 0.830. The third kappa shape index (κ3) is 10.2. The number of rotatable bonds is 8. The van der Waals surface area contributed by atoms with Gasteiger partial charge in [0.05, 0.1) is 10.1 Å². The van der Waals surface area contributed by atoms with Crippen molar-refractivity contribution in [2.45, 2.75) is 12.8 Å². The first kappa shape index (κ1) is 33.0. The number of aromatic nitrogens is 3. The van der Waals surface area contributed by atoms with Crippen molar-refractivity contribution in [3.05, 3.63) is 60.8 Å². The van der Waals surface area contributed by atoms with Gasteiger partial charge in [0.25, 0.3) is 0 Å². The molecule has 3 rings (SSSR count). The Bertz CT molecular complexity index is 983. The van der Waals surface area contributed by atoms with Crippen molar-refractivity contribution in [3.8, 4) is 11.4 Å². The molecule has 1 N–H and O–H groups in total. The molecule has 0 atom stereocenters. The molecule has 0 fully saturated rings. The minimum atomic E-state index is -4.17. The second kappa shape index (κ2) is 15.6. The van der Waals surface area contributed by atoms with Gasteiger partial charge in [-0.15, -0.1) is 28.1 Å². The van der Waals surface area contributed by atoms with Crippen LogP contribution in [0.3, 0.4) is 0 Å². The number of hydrogen-bond donors (Lipinski definition) is 1. The molecule has 8 nitrogen and oxygen atoms in total. The fourth-order valence-corrected chi connectivity index (χ4v) is 3.01. The Morgan fingerprint density at radius 2 is 1.60 bits per heavy atom. The minimum Gasteiger partial charge on any atom is -0.748 e. The number of hydrogen-bond acceptors (Lipinski definition) is 6. The number of benzene rings is 2. The average Bonchev–Trinajstić information content (AvgIpc) is 3.02. The molecule has 0 aliphatic rings. The van der Waals surface area contributed by atoms with Crippen molar-refractivity contribution in [1.82, 2.24) is 15.0 Å². The van der Waals surface area contributed by atoms with Gasteiger partial charge in [0.1, 0.15) is 22.5 Å². The Morgan fingerprint density at radius 1 is 1.00 bits per heavy atom. The second-order valence-corrected chi connectivity index (χ2v) is 7.36. The van der Waals surface area contributed by atoms with Crippen molar-refractivity contribution < 1.29 is 116 Å². The summed E-state index contributed by atoms with van der Waals surface area (Å²) in [5.74, 6) is -0.315. The van der Waals surface area contributed by atoms with Gasteiger partial charge in [-0.3, -0.25) is 0 Å². The number of phenols is 1. The average molecular weight is 656 g/mol. The Morgan fingerprint density at radius 3 is 2.17 bits per heavy atom. The van der Waals surface area contributed by atoms with Crippen molar-refractivity contribution in [2.24, 2.45) is 0 Å². The molecule has 155 valence electrons. The van der Waals surface area contributed by atoms with Crippen molar-refractivity contribution in [1.29, 1.82) is 0 Å². The van der Waals surface area contributed by atoms with E-state index < -0.39 is 15.9 Å². The predicted octanol–water partition coefficient (Wildman–Crippen LogP) is 2.42. The Balaban J connectivity index is 0. The molecular formula is C18H21N4O4SY3-3. The zero-order chi connectivity index (χ0) is 18.6. The van der Waals surface area contributed by atoms with Gasteiger partial charge < -0.3 is 22.4 Å². The Labute approximate surface area is 252 Å². The smallest absolute Gasteiger partial charge is 0.143 e. The molecule has 0 aliphatic heterocycles. The van der Waals surface area contributed by atoms with Gasteiger partial charge in [-0.25, -0.2) is 8.42 Å². The van der Waals surface area contributed by atoms with Crippen LogP contribution < -0.4 is 0 Å². The molecule has 3 aromatic rings. The van der Waals surface area contributed by atoms with Crippen LogP contribution in [-0.2, 0) is 115 Å². The Kier molecular flexibility index (Phi) is 17.2. The summed E-state index contributed by atoms with van der Waals surface area (Å²) in [7, 11) is -4.17. The van der Waals surface area contributed by atoms with E-state index in [0.717, 1.165) is 16.6 Å². The second-order valence-electron chi connectivity index (χ2n) is 5.84. The maximum atomic E-state index is 10.5. The van der Waals surface area contributed by atoms with E-state index in [1.807, 2.05) is 24.3 Å². The molecule has 0 aliphatic carbocycles. The Hall–Kier alpha value is 0.822. The predicted molar refractivity (Wildman–Crippen MR) is 103 cm³/mol. The zero-order valence-electron chi connectivity index (χ0n) is 16.7. The van der Waals surface area contributed by atoms with E-state index in [1.165, 1.54) is 4.80 Å². The van der Waals surface area contributed by atoms with Gasteiger partial charge in [-0.1, -0.05) is 24.6 Å². The summed E-state index contributed by atoms with van der Waals surface area (Å²) >= 11 is 0. The largest absolute Gasteiger partial charge is 0.748 e. The standard InChI is InChI=1S/C17H19N4O4S.CH3.3Y/c22-17-7-6-13(8-10-18-9-3-11-26(23,24)25)12-16(17)21-19-14-4-1-2-5-15(14)20-21;;;;/h1-2,4-7,12,22H,3,8-11H2,(H,23,24,25);1H3;;;/q2*-1;;;/p-1. The van der Waals surface area contributed by atoms with Gasteiger partial charge in [0.2, 0.25) is 0 Å². The number of nitrogens with zero attached hydrogens (tertiary/aromatic N) is 4. The quantitative estimate of drug-likeness (QED) is 0.226. The molecule has 0 saturated heterocycles. The summed E-state index contributed by atoms with van der Waals surface area (Å²) in [6, 6.07) is 12.6. The summed E-state index contributed by atoms with van der Waals surface area (Å²) in [5, 5.41) is 23.1. The molecule has 3 radical (unpaired) electrons. The van der Waals surface area contributed by atoms with Crippen LogP contribution in [0.15, 0.2) is 42.5 Å². The molecule has 0 unspecified atom stereocenters. The van der Waals surface area contributed by atoms with E-state index in [9.17, 15) is 18.1 Å². The molecule has 0 bridgehead atoms. The SMILES string of the molecule is O=S(=O)([O-])CCC[N-]CCc1ccc(O)c(-n2nc3ccccc3n2)c1.[CH3-].[Y].[Y].[Y]. The van der Waals surface area contributed by atoms with E-state index in [-0.39, 0.29) is 118 Å². The summed E-state index contributed by atoms with van der Waals surface area (Å²) in [5.41, 5.74) is 2.90. The molecular weight excluding hydrogens is 635 g/mol. The third-order valence-corrected chi connectivity index (χ3v) is 4.60. The van der Waals surface area contributed by atoms with Crippen molar-refractivity contribution in [3.63, 3.8) is 0 Å². The molecule has 0 amide bonds. The molecule has 0 saturated carbocycles. The maximum Gasteiger partial charge on any atom is 0.143 e. The molecule has 2 aromatic carbocycles. The van der Waals surface area contributed by atoms with Gasteiger partial charge in [0, 0.05) is 104 Å². The van der Waals surface area contributed by atoms with Crippen LogP contribution in [0.5, 0.6) is 5.75 Å². The molecule has 1 aromatic heterocycles. The normalized spacial score (nSPS) is 10.3. The number of aromatic hydroxyl groups is 1. The maximum absolute atomic E-state index is 10.5. The first-order valence-electron chi connectivity index (χ1n) is 8.13. The summed E-state index contributed by atoms with van der Waals surface area (Å²) < 4.78 is 31.6. The number of fused-ring (bicyclic) bond motifs is 1. The number of phenolic OH excluding ortho intramolecular Hbond substituents is 1. The summed E-state index contributed by atoms with van der Waals surface area (Å²) in [6.07, 6.45) is 0.856. The van der Waals surface area contributed by atoms with Crippen LogP contribution in [0.2, 0.25) is 0 Å². The molecule has 12 heteroatoms. The fourth-order valence-electron chi connectivity index (χ4n) is 2.53. The topological polar surface area (TPSA) is 122 Å². The van der Waals surface area contributed by atoms with Crippen LogP contribution in [0.25, 0.3) is 22.0 Å². The van der Waals surface area contributed by atoms with Crippen molar-refractivity contribution in [2.75, 3.05) is 18.8 Å². The van der Waals surface area contributed by atoms with Crippen LogP contribution >= 0.6 is 0 Å². The molecule has 1 heterocycles. The third-order valence-electron chi connectivity index (χ3n) is 3.81. The van der Waals surface area contributed by atoms with Crippen LogP contribution in [0.1, 0.15) is 12.0 Å². The molecule has 0 spiro atoms. The molecule has 30 heavy (non-hydrogen) atoms. The summed E-state index contributed by atoms with van der Waals surface area (Å²) in [4.78, 5) is 1.40. The monoisotopic (exact) mass is 656 g/mol. The van der Waals surface area contributed by atoms with E-state index in [1.54, 1.807) is 18.2 Å². The van der Waals surface area contributed by atoms with Gasteiger partial charge in [-0.2, -0.15) is 0 Å². The first-order chi connectivity index (χ1) is 12.4. The van der Waals surface area contributed by atoms with Gasteiger partial charge in [-0.05, 0) is 36.2 Å².